The summed E-state index contributed by atoms with van der Waals surface area (Å²) in [6.45, 7) is 11.2. The number of allylic oxidation sites excluding steroid dienone is 1. The summed E-state index contributed by atoms with van der Waals surface area (Å²) in [6, 6.07) is 1.46. The first-order chi connectivity index (χ1) is 14.2. The Bertz CT molecular complexity index is 749. The van der Waals surface area contributed by atoms with E-state index in [-0.39, 0.29) is 23.0 Å². The quantitative estimate of drug-likeness (QED) is 0.569. The third-order valence-electron chi connectivity index (χ3n) is 11.8. The molecule has 30 heavy (non-hydrogen) atoms. The van der Waals surface area contributed by atoms with E-state index in [4.69, 9.17) is 0 Å². The number of fused-ring (bicyclic) bond motifs is 9. The Morgan fingerprint density at radius 3 is 2.60 bits per heavy atom. The standard InChI is InChI=1S/C27H43NO2/c1-15-5-8-22-16(2)25-23(28(22)14-15)12-21-19-7-6-17-11-18(29)9-10-26(17,3)20(19)13-24(30)27(21,25)4/h6,15-16,18-25,29-30H,5,7-14H2,1-4H3/t15-,16-,18-,19+,20-,21-,22-,23-,24+,25-,26-,27+/m0/s1. The van der Waals surface area contributed by atoms with Gasteiger partial charge in [-0.3, -0.25) is 4.90 Å². The normalized spacial score (nSPS) is 60.1. The van der Waals surface area contributed by atoms with Crippen LogP contribution in [0.1, 0.15) is 79.1 Å². The predicted molar refractivity (Wildman–Crippen MR) is 120 cm³/mol. The summed E-state index contributed by atoms with van der Waals surface area (Å²) in [6.07, 6.45) is 11.4. The molecule has 0 aromatic rings. The average Bonchev–Trinajstić information content (AvgIpc) is 3.17. The molecule has 2 aliphatic heterocycles. The van der Waals surface area contributed by atoms with Crippen molar-refractivity contribution in [2.45, 2.75) is 103 Å². The summed E-state index contributed by atoms with van der Waals surface area (Å²) < 4.78 is 0. The van der Waals surface area contributed by atoms with Crippen molar-refractivity contribution in [1.29, 1.82) is 0 Å². The molecule has 3 nitrogen and oxygen atoms in total. The van der Waals surface area contributed by atoms with Crippen molar-refractivity contribution < 1.29 is 10.2 Å². The molecule has 0 unspecified atom stereocenters. The summed E-state index contributed by atoms with van der Waals surface area (Å²) in [5, 5.41) is 22.1. The minimum Gasteiger partial charge on any atom is -0.393 e. The van der Waals surface area contributed by atoms with Crippen molar-refractivity contribution in [3.63, 3.8) is 0 Å². The van der Waals surface area contributed by atoms with Crippen molar-refractivity contribution in [1.82, 2.24) is 4.90 Å². The van der Waals surface area contributed by atoms with E-state index >= 15 is 0 Å². The minimum absolute atomic E-state index is 0.0850. The molecule has 2 saturated heterocycles. The minimum atomic E-state index is -0.164. The van der Waals surface area contributed by atoms with E-state index in [0.29, 0.717) is 23.8 Å². The van der Waals surface area contributed by atoms with Gasteiger partial charge < -0.3 is 10.2 Å². The Kier molecular flexibility index (Phi) is 4.44. The highest BCUT2D eigenvalue weighted by atomic mass is 16.3. The molecule has 6 aliphatic rings. The van der Waals surface area contributed by atoms with Crippen LogP contribution >= 0.6 is 0 Å². The second-order valence-corrected chi connectivity index (χ2v) is 12.9. The smallest absolute Gasteiger partial charge is 0.0603 e. The van der Waals surface area contributed by atoms with Gasteiger partial charge in [-0.05, 0) is 92.3 Å². The SMILES string of the molecule is C[C@H]1CC[C@H]2[C@H](C)[C@H]3[C@H](C[C@H]4[C@@H]5CC=C6C[C@@H](O)CC[C@]6(C)[C@H]5C[C@@H](O)[C@]34C)N2C1. The lowest BCUT2D eigenvalue weighted by Crippen LogP contribution is -2.57. The van der Waals surface area contributed by atoms with E-state index in [2.05, 4.69) is 38.7 Å². The highest BCUT2D eigenvalue weighted by molar-refractivity contribution is 5.27. The van der Waals surface area contributed by atoms with Gasteiger partial charge in [-0.25, -0.2) is 0 Å². The summed E-state index contributed by atoms with van der Waals surface area (Å²) in [5.74, 6) is 4.19. The molecule has 168 valence electrons. The van der Waals surface area contributed by atoms with Gasteiger partial charge >= 0.3 is 0 Å². The second kappa shape index (κ2) is 6.58. The summed E-state index contributed by atoms with van der Waals surface area (Å²) >= 11 is 0. The number of nitrogens with zero attached hydrogens (tertiary/aromatic N) is 1. The van der Waals surface area contributed by atoms with Crippen molar-refractivity contribution in [3.8, 4) is 0 Å². The van der Waals surface area contributed by atoms with Crippen LogP contribution in [0.3, 0.4) is 0 Å². The first-order valence-corrected chi connectivity index (χ1v) is 13.1. The fourth-order valence-electron chi connectivity index (χ4n) is 10.3. The summed E-state index contributed by atoms with van der Waals surface area (Å²) in [5.41, 5.74) is 1.80. The fraction of sp³-hybridized carbons (Fsp3) is 0.926. The van der Waals surface area contributed by atoms with E-state index in [0.717, 1.165) is 49.5 Å². The van der Waals surface area contributed by atoms with Gasteiger partial charge in [-0.1, -0.05) is 39.3 Å². The molecule has 4 aliphatic carbocycles. The van der Waals surface area contributed by atoms with Crippen LogP contribution in [0.2, 0.25) is 0 Å². The van der Waals surface area contributed by atoms with E-state index in [9.17, 15) is 10.2 Å². The number of rotatable bonds is 0. The number of aliphatic hydroxyl groups excluding tert-OH is 2. The second-order valence-electron chi connectivity index (χ2n) is 12.9. The molecule has 3 saturated carbocycles. The highest BCUT2D eigenvalue weighted by Crippen LogP contribution is 2.69. The van der Waals surface area contributed by atoms with Crippen LogP contribution in [0, 0.1) is 46.3 Å². The monoisotopic (exact) mass is 413 g/mol. The zero-order valence-electron chi connectivity index (χ0n) is 19.6. The molecule has 0 amide bonds. The molecule has 0 spiro atoms. The molecule has 0 radical (unpaired) electrons. The van der Waals surface area contributed by atoms with Gasteiger partial charge in [-0.2, -0.15) is 0 Å². The molecule has 3 heteroatoms. The molecule has 0 bridgehead atoms. The van der Waals surface area contributed by atoms with Crippen molar-refractivity contribution >= 4 is 0 Å². The molecule has 2 heterocycles. The van der Waals surface area contributed by atoms with Crippen molar-refractivity contribution in [2.75, 3.05) is 6.54 Å². The Balaban J connectivity index is 1.36. The molecule has 5 fully saturated rings. The van der Waals surface area contributed by atoms with Gasteiger partial charge in [-0.15, -0.1) is 0 Å². The Labute approximate surface area is 183 Å². The molecule has 0 aromatic carbocycles. The maximum Gasteiger partial charge on any atom is 0.0603 e. The molecule has 6 rings (SSSR count). The van der Waals surface area contributed by atoms with Crippen molar-refractivity contribution in [3.05, 3.63) is 11.6 Å². The van der Waals surface area contributed by atoms with E-state index in [1.54, 1.807) is 0 Å². The van der Waals surface area contributed by atoms with Crippen LogP contribution in [0.4, 0.5) is 0 Å². The van der Waals surface area contributed by atoms with Crippen LogP contribution in [-0.4, -0.2) is 45.9 Å². The van der Waals surface area contributed by atoms with E-state index < -0.39 is 0 Å². The van der Waals surface area contributed by atoms with Gasteiger partial charge in [0.1, 0.15) is 0 Å². The van der Waals surface area contributed by atoms with Gasteiger partial charge in [0.15, 0.2) is 0 Å². The van der Waals surface area contributed by atoms with Gasteiger partial charge in [0.2, 0.25) is 0 Å². The van der Waals surface area contributed by atoms with Crippen LogP contribution in [-0.2, 0) is 0 Å². The molecule has 0 aromatic heterocycles. The van der Waals surface area contributed by atoms with Crippen LogP contribution in [0.15, 0.2) is 11.6 Å². The van der Waals surface area contributed by atoms with Gasteiger partial charge in [0.05, 0.1) is 12.2 Å². The molecular weight excluding hydrogens is 370 g/mol. The largest absolute Gasteiger partial charge is 0.393 e. The number of hydrogen-bond donors (Lipinski definition) is 2. The Morgan fingerprint density at radius 1 is 1.00 bits per heavy atom. The van der Waals surface area contributed by atoms with E-state index in [1.807, 2.05) is 0 Å². The number of hydrogen-bond acceptors (Lipinski definition) is 3. The first-order valence-electron chi connectivity index (χ1n) is 13.1. The highest BCUT2D eigenvalue weighted by Gasteiger charge is 2.69. The first kappa shape index (κ1) is 20.2. The van der Waals surface area contributed by atoms with Crippen molar-refractivity contribution in [2.24, 2.45) is 46.3 Å². The zero-order valence-corrected chi connectivity index (χ0v) is 19.6. The fourth-order valence-corrected chi connectivity index (χ4v) is 10.3. The summed E-state index contributed by atoms with van der Waals surface area (Å²) in [4.78, 5) is 2.91. The van der Waals surface area contributed by atoms with Crippen LogP contribution in [0.25, 0.3) is 0 Å². The summed E-state index contributed by atoms with van der Waals surface area (Å²) in [7, 11) is 0. The lowest BCUT2D eigenvalue weighted by atomic mass is 9.46. The Morgan fingerprint density at radius 2 is 1.80 bits per heavy atom. The lowest BCUT2D eigenvalue weighted by molar-refractivity contribution is -0.135. The average molecular weight is 414 g/mol. The van der Waals surface area contributed by atoms with Gasteiger partial charge in [0.25, 0.3) is 0 Å². The topological polar surface area (TPSA) is 43.7 Å². The molecular formula is C27H43NO2. The van der Waals surface area contributed by atoms with E-state index in [1.165, 1.54) is 37.8 Å². The van der Waals surface area contributed by atoms with Crippen LogP contribution < -0.4 is 0 Å². The number of aliphatic hydroxyl groups is 2. The maximum absolute atomic E-state index is 11.8. The number of piperidine rings is 1. The lowest BCUT2D eigenvalue weighted by Gasteiger charge is -2.60. The van der Waals surface area contributed by atoms with Crippen LogP contribution in [0.5, 0.6) is 0 Å². The Hall–Kier alpha value is -0.380. The molecule has 2 N–H and O–H groups in total. The van der Waals surface area contributed by atoms with Gasteiger partial charge in [0, 0.05) is 24.0 Å². The maximum atomic E-state index is 11.8. The predicted octanol–water partition coefficient (Wildman–Crippen LogP) is 4.63. The third kappa shape index (κ3) is 2.44. The molecule has 12 atom stereocenters. The zero-order chi connectivity index (χ0) is 21.0. The third-order valence-corrected chi connectivity index (χ3v) is 11.8.